The minimum absolute atomic E-state index is 0.261. The summed E-state index contributed by atoms with van der Waals surface area (Å²) in [5.74, 6) is 0. The molecule has 0 radical (unpaired) electrons. The zero-order valence-corrected chi connectivity index (χ0v) is 13.4. The number of anilines is 4. The first-order chi connectivity index (χ1) is 10.5. The highest BCUT2D eigenvalue weighted by Crippen LogP contribution is 2.26. The van der Waals surface area contributed by atoms with E-state index in [4.69, 9.17) is 0 Å². The van der Waals surface area contributed by atoms with Crippen molar-refractivity contribution in [2.75, 3.05) is 48.6 Å². The Bertz CT molecular complexity index is 597. The molecule has 0 aromatic heterocycles. The molecule has 5 heteroatoms. The SMILES string of the molecule is CN(C)c1ccccc1NC(=O)Nc1ccccc1N(C)C. The van der Waals surface area contributed by atoms with Gasteiger partial charge < -0.3 is 20.4 Å². The molecule has 0 heterocycles. The van der Waals surface area contributed by atoms with Crippen LogP contribution in [0, 0.1) is 0 Å². The van der Waals surface area contributed by atoms with Crippen molar-refractivity contribution in [3.63, 3.8) is 0 Å². The molecule has 22 heavy (non-hydrogen) atoms. The van der Waals surface area contributed by atoms with Gasteiger partial charge in [0.25, 0.3) is 0 Å². The Morgan fingerprint density at radius 2 is 1.09 bits per heavy atom. The van der Waals surface area contributed by atoms with Gasteiger partial charge in [0.2, 0.25) is 0 Å². The highest BCUT2D eigenvalue weighted by molar-refractivity contribution is 6.03. The largest absolute Gasteiger partial charge is 0.376 e. The quantitative estimate of drug-likeness (QED) is 0.908. The number of benzene rings is 2. The van der Waals surface area contributed by atoms with Crippen LogP contribution in [0.25, 0.3) is 0 Å². The summed E-state index contributed by atoms with van der Waals surface area (Å²) in [5.41, 5.74) is 3.46. The first-order valence-corrected chi connectivity index (χ1v) is 7.09. The standard InChI is InChI=1S/C17H22N4O/c1-20(2)15-11-7-5-9-13(15)18-17(22)19-14-10-6-8-12-16(14)21(3)4/h5-12H,1-4H3,(H2,18,19,22). The maximum Gasteiger partial charge on any atom is 0.323 e. The Balaban J connectivity index is 2.15. The number of carbonyl (C=O) groups is 1. The van der Waals surface area contributed by atoms with Gasteiger partial charge >= 0.3 is 6.03 Å². The second kappa shape index (κ2) is 6.85. The molecule has 0 spiro atoms. The smallest absolute Gasteiger partial charge is 0.323 e. The van der Waals surface area contributed by atoms with E-state index in [9.17, 15) is 4.79 Å². The minimum atomic E-state index is -0.261. The minimum Gasteiger partial charge on any atom is -0.376 e. The van der Waals surface area contributed by atoms with Gasteiger partial charge in [-0.15, -0.1) is 0 Å². The van der Waals surface area contributed by atoms with E-state index in [1.807, 2.05) is 86.5 Å². The van der Waals surface area contributed by atoms with Crippen molar-refractivity contribution >= 4 is 28.8 Å². The van der Waals surface area contributed by atoms with Gasteiger partial charge in [0, 0.05) is 28.2 Å². The number of hydrogen-bond donors (Lipinski definition) is 2. The fourth-order valence-electron chi connectivity index (χ4n) is 2.21. The van der Waals surface area contributed by atoms with E-state index in [2.05, 4.69) is 10.6 Å². The molecule has 2 aromatic carbocycles. The molecular weight excluding hydrogens is 276 g/mol. The van der Waals surface area contributed by atoms with E-state index in [0.717, 1.165) is 22.7 Å². The first-order valence-electron chi connectivity index (χ1n) is 7.09. The van der Waals surface area contributed by atoms with Crippen molar-refractivity contribution in [1.29, 1.82) is 0 Å². The molecule has 0 aliphatic heterocycles. The van der Waals surface area contributed by atoms with Gasteiger partial charge in [-0.3, -0.25) is 0 Å². The summed E-state index contributed by atoms with van der Waals surface area (Å²) in [5, 5.41) is 5.79. The van der Waals surface area contributed by atoms with E-state index < -0.39 is 0 Å². The third-order valence-electron chi connectivity index (χ3n) is 3.27. The molecule has 0 fully saturated rings. The monoisotopic (exact) mass is 298 g/mol. The van der Waals surface area contributed by atoms with Crippen LogP contribution in [0.5, 0.6) is 0 Å². The van der Waals surface area contributed by atoms with Gasteiger partial charge in [-0.05, 0) is 24.3 Å². The first kappa shape index (κ1) is 15.7. The van der Waals surface area contributed by atoms with Gasteiger partial charge in [0.1, 0.15) is 0 Å². The van der Waals surface area contributed by atoms with E-state index in [1.165, 1.54) is 0 Å². The number of amides is 2. The number of nitrogens with one attached hydrogen (secondary N) is 2. The molecule has 2 amide bonds. The molecule has 0 aliphatic rings. The van der Waals surface area contributed by atoms with Crippen molar-refractivity contribution in [3.8, 4) is 0 Å². The van der Waals surface area contributed by atoms with Crippen molar-refractivity contribution in [1.82, 2.24) is 0 Å². The van der Waals surface area contributed by atoms with E-state index >= 15 is 0 Å². The third kappa shape index (κ3) is 3.69. The van der Waals surface area contributed by atoms with Gasteiger partial charge in [-0.1, -0.05) is 24.3 Å². The molecule has 0 bridgehead atoms. The highest BCUT2D eigenvalue weighted by atomic mass is 16.2. The van der Waals surface area contributed by atoms with Crippen molar-refractivity contribution in [2.24, 2.45) is 0 Å². The van der Waals surface area contributed by atoms with Crippen LogP contribution in [0.2, 0.25) is 0 Å². The summed E-state index contributed by atoms with van der Waals surface area (Å²) in [7, 11) is 7.78. The van der Waals surface area contributed by atoms with E-state index in [-0.39, 0.29) is 6.03 Å². The molecule has 116 valence electrons. The zero-order chi connectivity index (χ0) is 16.1. The van der Waals surface area contributed by atoms with Crippen LogP contribution in [0.4, 0.5) is 27.5 Å². The molecule has 2 N–H and O–H groups in total. The summed E-state index contributed by atoms with van der Waals surface area (Å²) in [4.78, 5) is 16.2. The molecule has 0 atom stereocenters. The van der Waals surface area contributed by atoms with Crippen LogP contribution < -0.4 is 20.4 Å². The summed E-state index contributed by atoms with van der Waals surface area (Å²) >= 11 is 0. The van der Waals surface area contributed by atoms with Gasteiger partial charge in [0.15, 0.2) is 0 Å². The number of hydrogen-bond acceptors (Lipinski definition) is 3. The van der Waals surface area contributed by atoms with Crippen LogP contribution in [0.15, 0.2) is 48.5 Å². The Hall–Kier alpha value is -2.69. The predicted octanol–water partition coefficient (Wildman–Crippen LogP) is 3.46. The molecule has 5 nitrogen and oxygen atoms in total. The number of urea groups is 1. The van der Waals surface area contributed by atoms with Gasteiger partial charge in [-0.25, -0.2) is 4.79 Å². The fourth-order valence-corrected chi connectivity index (χ4v) is 2.21. The molecule has 0 aliphatic carbocycles. The predicted molar refractivity (Wildman–Crippen MR) is 94.2 cm³/mol. The summed E-state index contributed by atoms with van der Waals surface area (Å²) in [6.07, 6.45) is 0. The normalized spacial score (nSPS) is 10.0. The Labute approximate surface area is 131 Å². The van der Waals surface area contributed by atoms with Crippen molar-refractivity contribution < 1.29 is 4.79 Å². The lowest BCUT2D eigenvalue weighted by atomic mass is 10.2. The van der Waals surface area contributed by atoms with E-state index in [0.29, 0.717) is 0 Å². The lowest BCUT2D eigenvalue weighted by molar-refractivity contribution is 0.262. The van der Waals surface area contributed by atoms with Gasteiger partial charge in [0.05, 0.1) is 22.7 Å². The zero-order valence-electron chi connectivity index (χ0n) is 13.4. The summed E-state index contributed by atoms with van der Waals surface area (Å²) in [6.45, 7) is 0. The van der Waals surface area contributed by atoms with Crippen molar-refractivity contribution in [2.45, 2.75) is 0 Å². The number of para-hydroxylation sites is 4. The summed E-state index contributed by atoms with van der Waals surface area (Å²) < 4.78 is 0. The average Bonchev–Trinajstić information content (AvgIpc) is 2.47. The van der Waals surface area contributed by atoms with Gasteiger partial charge in [-0.2, -0.15) is 0 Å². The number of rotatable bonds is 4. The average molecular weight is 298 g/mol. The van der Waals surface area contributed by atoms with Crippen LogP contribution in [-0.4, -0.2) is 34.2 Å². The topological polar surface area (TPSA) is 47.6 Å². The fraction of sp³-hybridized carbons (Fsp3) is 0.235. The maximum atomic E-state index is 12.3. The lowest BCUT2D eigenvalue weighted by Gasteiger charge is -2.20. The molecule has 2 aromatic rings. The molecule has 0 unspecified atom stereocenters. The Morgan fingerprint density at radius 1 is 0.727 bits per heavy atom. The van der Waals surface area contributed by atoms with Crippen LogP contribution in [0.1, 0.15) is 0 Å². The third-order valence-corrected chi connectivity index (χ3v) is 3.27. The second-order valence-electron chi connectivity index (χ2n) is 5.40. The van der Waals surface area contributed by atoms with Crippen molar-refractivity contribution in [3.05, 3.63) is 48.5 Å². The van der Waals surface area contributed by atoms with E-state index in [1.54, 1.807) is 0 Å². The van der Waals surface area contributed by atoms with Crippen LogP contribution in [0.3, 0.4) is 0 Å². The number of carbonyl (C=O) groups excluding carboxylic acids is 1. The lowest BCUT2D eigenvalue weighted by Crippen LogP contribution is -2.23. The molecule has 0 saturated carbocycles. The Kier molecular flexibility index (Phi) is 4.88. The second-order valence-corrected chi connectivity index (χ2v) is 5.40. The molecular formula is C17H22N4O. The highest BCUT2D eigenvalue weighted by Gasteiger charge is 2.10. The molecule has 2 rings (SSSR count). The Morgan fingerprint density at radius 3 is 1.45 bits per heavy atom. The number of nitrogens with zero attached hydrogens (tertiary/aromatic N) is 2. The van der Waals surface area contributed by atoms with Crippen LogP contribution >= 0.6 is 0 Å². The summed E-state index contributed by atoms with van der Waals surface area (Å²) in [6, 6.07) is 15.1. The van der Waals surface area contributed by atoms with Crippen LogP contribution in [-0.2, 0) is 0 Å². The molecule has 0 saturated heterocycles. The maximum absolute atomic E-state index is 12.3.